The van der Waals surface area contributed by atoms with E-state index in [9.17, 15) is 4.79 Å². The van der Waals surface area contributed by atoms with E-state index in [0.29, 0.717) is 0 Å². The van der Waals surface area contributed by atoms with Crippen LogP contribution in [-0.2, 0) is 4.79 Å². The van der Waals surface area contributed by atoms with E-state index in [1.165, 1.54) is 4.81 Å². The number of carboxylic acids is 1. The minimum Gasteiger partial charge on any atom is -0.482 e. The van der Waals surface area contributed by atoms with Gasteiger partial charge in [0.05, 0.1) is 23.5 Å². The Hall–Kier alpha value is -0.310. The zero-order chi connectivity index (χ0) is 12.4. The summed E-state index contributed by atoms with van der Waals surface area (Å²) in [7, 11) is 22.5. The third kappa shape index (κ3) is 4.37. The summed E-state index contributed by atoms with van der Waals surface area (Å²) in [6.45, 7) is 5.44. The fraction of sp³-hybridized carbons (Fsp3) is 0.875. The summed E-state index contributed by atoms with van der Waals surface area (Å²) in [5.41, 5.74) is -0.471. The van der Waals surface area contributed by atoms with Gasteiger partial charge in [0.25, 0.3) is 5.97 Å². The van der Waals surface area contributed by atoms with Gasteiger partial charge in [-0.25, -0.2) is 0 Å². The third-order valence-electron chi connectivity index (χ3n) is 2.04. The van der Waals surface area contributed by atoms with E-state index in [-0.39, 0.29) is 6.42 Å². The first-order valence-corrected chi connectivity index (χ1v) is 4.59. The molecule has 0 saturated carbocycles. The minimum atomic E-state index is -1.45. The number of hydrogen-bond donors (Lipinski definition) is 1. The van der Waals surface area contributed by atoms with Gasteiger partial charge >= 0.3 is 0 Å². The highest BCUT2D eigenvalue weighted by Crippen LogP contribution is 2.25. The van der Waals surface area contributed by atoms with Crippen LogP contribution in [0, 0.1) is 0 Å². The molecule has 0 amide bonds. The lowest BCUT2D eigenvalue weighted by molar-refractivity contribution is -0.137. The Kier molecular flexibility index (Phi) is 4.59. The summed E-state index contributed by atoms with van der Waals surface area (Å²) < 4.78 is 0. The molecule has 0 aromatic carbocycles. The van der Waals surface area contributed by atoms with Crippen molar-refractivity contribution in [3.8, 4) is 0 Å². The normalized spacial score (nSPS) is 15.2. The zero-order valence-corrected chi connectivity index (χ0v) is 9.40. The van der Waals surface area contributed by atoms with E-state index >= 15 is 0 Å². The number of nitrogens with zero attached hydrogens (tertiary/aromatic N) is 1. The summed E-state index contributed by atoms with van der Waals surface area (Å²) in [6, 6.07) is 0. The maximum absolute atomic E-state index is 10.6. The molecule has 0 aliphatic heterocycles. The first-order chi connectivity index (χ1) is 6.48. The topological polar surface area (TPSA) is 40.5 Å². The monoisotopic (exact) mass is 199 g/mol. The molecule has 1 N–H and O–H groups in total. The molecule has 0 heterocycles. The lowest BCUT2D eigenvalue weighted by atomic mass is 9.53. The number of rotatable bonds is 4. The highest BCUT2D eigenvalue weighted by Gasteiger charge is 2.32. The molecule has 3 nitrogen and oxygen atoms in total. The van der Waals surface area contributed by atoms with Gasteiger partial charge in [0.1, 0.15) is 0 Å². The second kappa shape index (κ2) is 4.69. The molecule has 0 bridgehead atoms. The minimum absolute atomic E-state index is 0.129. The molecule has 0 aliphatic carbocycles. The zero-order valence-electron chi connectivity index (χ0n) is 9.40. The van der Waals surface area contributed by atoms with Gasteiger partial charge < -0.3 is 9.92 Å². The molecular weight excluding hydrogens is 185 g/mol. The van der Waals surface area contributed by atoms with Crippen LogP contribution in [0.25, 0.3) is 0 Å². The molecule has 74 valence electrons. The van der Waals surface area contributed by atoms with Gasteiger partial charge in [-0.1, -0.05) is 5.34 Å². The molecule has 15 heavy (non-hydrogen) atoms. The van der Waals surface area contributed by atoms with Crippen molar-refractivity contribution in [2.45, 2.75) is 43.9 Å². The molecule has 1 unspecified atom stereocenters. The van der Waals surface area contributed by atoms with Crippen LogP contribution < -0.4 is 0 Å². The molecule has 8 radical (unpaired) electrons. The number of aliphatic carboxylic acids is 1. The molecule has 7 heteroatoms. The molecule has 0 aliphatic rings. The van der Waals surface area contributed by atoms with E-state index in [1.807, 2.05) is 20.8 Å². The van der Waals surface area contributed by atoms with Crippen molar-refractivity contribution >= 4 is 37.5 Å². The maximum atomic E-state index is 10.6. The molecular formula is C8H13B4NO2. The van der Waals surface area contributed by atoms with Gasteiger partial charge in [0, 0.05) is 11.4 Å². The van der Waals surface area contributed by atoms with E-state index in [0.717, 1.165) is 0 Å². The smallest absolute Gasteiger partial charge is 0.297 e. The molecule has 0 saturated heterocycles. The van der Waals surface area contributed by atoms with E-state index in [2.05, 4.69) is 0 Å². The molecule has 1 atom stereocenters. The second-order valence-corrected chi connectivity index (χ2v) is 4.68. The first-order valence-electron chi connectivity index (χ1n) is 4.59. The van der Waals surface area contributed by atoms with Crippen LogP contribution in [0.15, 0.2) is 0 Å². The Labute approximate surface area is 96.6 Å². The summed E-state index contributed by atoms with van der Waals surface area (Å²) in [6.07, 6.45) is -0.129. The van der Waals surface area contributed by atoms with Gasteiger partial charge in [0.15, 0.2) is 7.98 Å². The Morgan fingerprint density at radius 2 is 1.80 bits per heavy atom. The van der Waals surface area contributed by atoms with Gasteiger partial charge in [-0.3, -0.25) is 4.79 Å². The lowest BCUT2D eigenvalue weighted by Crippen LogP contribution is -2.57. The van der Waals surface area contributed by atoms with Gasteiger partial charge in [-0.2, -0.15) is 0 Å². The number of carbonyl (C=O) groups is 1. The fourth-order valence-corrected chi connectivity index (χ4v) is 1.16. The predicted octanol–water partition coefficient (Wildman–Crippen LogP) is -0.407. The van der Waals surface area contributed by atoms with Crippen LogP contribution in [0.5, 0.6) is 0 Å². The number of hydrogen-bond acceptors (Lipinski definition) is 2. The SMILES string of the molecule is [B]C(CC([B])([B])N([B])C(C)(C)C)C(=O)O. The largest absolute Gasteiger partial charge is 0.482 e. The average molecular weight is 198 g/mol. The summed E-state index contributed by atoms with van der Waals surface area (Å²) >= 11 is 0. The van der Waals surface area contributed by atoms with Crippen molar-refractivity contribution in [2.24, 2.45) is 0 Å². The number of carboxylic acid groups (broad SMARTS) is 1. The van der Waals surface area contributed by atoms with Crippen LogP contribution in [0.1, 0.15) is 27.2 Å². The van der Waals surface area contributed by atoms with Crippen molar-refractivity contribution in [2.75, 3.05) is 0 Å². The van der Waals surface area contributed by atoms with Gasteiger partial charge in [-0.05, 0) is 27.2 Å². The van der Waals surface area contributed by atoms with Crippen molar-refractivity contribution in [1.82, 2.24) is 4.81 Å². The maximum Gasteiger partial charge on any atom is 0.297 e. The summed E-state index contributed by atoms with van der Waals surface area (Å²) in [5, 5.41) is 7.19. The third-order valence-corrected chi connectivity index (χ3v) is 2.04. The molecule has 0 aromatic heterocycles. The highest BCUT2D eigenvalue weighted by molar-refractivity contribution is 6.42. The lowest BCUT2D eigenvalue weighted by Gasteiger charge is -2.47. The highest BCUT2D eigenvalue weighted by atomic mass is 16.4. The second-order valence-electron chi connectivity index (χ2n) is 4.68. The quantitative estimate of drug-likeness (QED) is 0.625. The predicted molar refractivity (Wildman–Crippen MR) is 63.3 cm³/mol. The Bertz CT molecular complexity index is 239. The van der Waals surface area contributed by atoms with Crippen molar-refractivity contribution < 1.29 is 9.90 Å². The van der Waals surface area contributed by atoms with Crippen LogP contribution in [-0.4, -0.2) is 58.3 Å². The first kappa shape index (κ1) is 14.7. The summed E-state index contributed by atoms with van der Waals surface area (Å²) in [5.74, 6) is -2.29. The van der Waals surface area contributed by atoms with Crippen molar-refractivity contribution in [1.29, 1.82) is 0 Å². The van der Waals surface area contributed by atoms with Crippen LogP contribution in [0.3, 0.4) is 0 Å². The van der Waals surface area contributed by atoms with Crippen molar-refractivity contribution in [3.05, 3.63) is 0 Å². The fourth-order valence-electron chi connectivity index (χ4n) is 1.16. The average Bonchev–Trinajstić information content (AvgIpc) is 2.00. The van der Waals surface area contributed by atoms with E-state index < -0.39 is 22.7 Å². The Morgan fingerprint density at radius 1 is 1.40 bits per heavy atom. The molecule has 0 fully saturated rings. The van der Waals surface area contributed by atoms with Crippen LogP contribution in [0.2, 0.25) is 5.82 Å². The van der Waals surface area contributed by atoms with Gasteiger partial charge in [0.2, 0.25) is 0 Å². The molecule has 0 aromatic rings. The Morgan fingerprint density at radius 3 is 2.07 bits per heavy atom. The molecule has 0 spiro atoms. The van der Waals surface area contributed by atoms with Crippen molar-refractivity contribution in [3.63, 3.8) is 0 Å². The van der Waals surface area contributed by atoms with Crippen LogP contribution >= 0.6 is 0 Å². The summed E-state index contributed by atoms with van der Waals surface area (Å²) in [4.78, 5) is 11.8. The Balaban J connectivity index is 4.62. The van der Waals surface area contributed by atoms with Gasteiger partial charge in [-0.15, -0.1) is 0 Å². The van der Waals surface area contributed by atoms with E-state index in [4.69, 9.17) is 36.6 Å². The molecule has 0 rings (SSSR count). The van der Waals surface area contributed by atoms with Crippen LogP contribution in [0.4, 0.5) is 0 Å². The van der Waals surface area contributed by atoms with E-state index in [1.54, 1.807) is 0 Å². The standard InChI is InChI=1S/C8H13B4NO2/c1-7(2,3)13(12)8(10,11)4-5(9)6(14)15/h5H,4H2,1-3H3,(H,14,15).